The molecule has 18 heavy (non-hydrogen) atoms. The third-order valence-electron chi connectivity index (χ3n) is 3.10. The number of rotatable bonds is 1. The maximum atomic E-state index is 10.00. The number of hydrogen-bond acceptors (Lipinski definition) is 3. The second-order valence-corrected chi connectivity index (χ2v) is 4.60. The summed E-state index contributed by atoms with van der Waals surface area (Å²) in [6.45, 7) is 5.50. The molecule has 2 rings (SSSR count). The van der Waals surface area contributed by atoms with Gasteiger partial charge >= 0.3 is 0 Å². The SMILES string of the molecule is Cc1ccc(-c2c(O)cc(C)c(O)c2O)c(C)c1. The summed E-state index contributed by atoms with van der Waals surface area (Å²) in [5.41, 5.74) is 3.47. The number of aryl methyl sites for hydroxylation is 3. The van der Waals surface area contributed by atoms with Crippen molar-refractivity contribution in [2.45, 2.75) is 20.8 Å². The molecule has 0 aromatic heterocycles. The molecule has 2 aromatic rings. The predicted octanol–water partition coefficient (Wildman–Crippen LogP) is 3.40. The van der Waals surface area contributed by atoms with Crippen LogP contribution in [0.3, 0.4) is 0 Å². The van der Waals surface area contributed by atoms with E-state index in [4.69, 9.17) is 0 Å². The summed E-state index contributed by atoms with van der Waals surface area (Å²) >= 11 is 0. The third kappa shape index (κ3) is 1.88. The first-order chi connectivity index (χ1) is 8.41. The average molecular weight is 244 g/mol. The van der Waals surface area contributed by atoms with Gasteiger partial charge in [0.15, 0.2) is 11.5 Å². The molecule has 0 saturated carbocycles. The molecule has 0 aliphatic carbocycles. The van der Waals surface area contributed by atoms with Gasteiger partial charge in [0.1, 0.15) is 5.75 Å². The van der Waals surface area contributed by atoms with Crippen molar-refractivity contribution < 1.29 is 15.3 Å². The third-order valence-corrected chi connectivity index (χ3v) is 3.10. The molecule has 0 heterocycles. The van der Waals surface area contributed by atoms with E-state index in [0.717, 1.165) is 11.1 Å². The van der Waals surface area contributed by atoms with Crippen LogP contribution in [0.15, 0.2) is 24.3 Å². The summed E-state index contributed by atoms with van der Waals surface area (Å²) in [7, 11) is 0. The number of phenols is 3. The van der Waals surface area contributed by atoms with E-state index in [1.54, 1.807) is 6.92 Å². The highest BCUT2D eigenvalue weighted by atomic mass is 16.3. The van der Waals surface area contributed by atoms with Crippen LogP contribution in [-0.4, -0.2) is 15.3 Å². The lowest BCUT2D eigenvalue weighted by Gasteiger charge is -2.13. The number of hydrogen-bond donors (Lipinski definition) is 3. The van der Waals surface area contributed by atoms with Crippen molar-refractivity contribution in [2.24, 2.45) is 0 Å². The van der Waals surface area contributed by atoms with Crippen LogP contribution in [0.25, 0.3) is 11.1 Å². The van der Waals surface area contributed by atoms with Crippen LogP contribution in [0, 0.1) is 20.8 Å². The van der Waals surface area contributed by atoms with E-state index in [9.17, 15) is 15.3 Å². The second kappa shape index (κ2) is 4.26. The van der Waals surface area contributed by atoms with Gasteiger partial charge in [-0.2, -0.15) is 0 Å². The standard InChI is InChI=1S/C15H16O3/c1-8-4-5-11(9(2)6-8)13-12(16)7-10(3)14(17)15(13)18/h4-7,16-18H,1-3H3. The summed E-state index contributed by atoms with van der Waals surface area (Å²) in [5, 5.41) is 29.7. The maximum Gasteiger partial charge on any atom is 0.169 e. The Morgan fingerprint density at radius 1 is 0.778 bits per heavy atom. The molecule has 0 atom stereocenters. The number of phenolic OH excluding ortho intramolecular Hbond substituents is 3. The van der Waals surface area contributed by atoms with Gasteiger partial charge in [-0.3, -0.25) is 0 Å². The highest BCUT2D eigenvalue weighted by Crippen LogP contribution is 2.45. The molecule has 94 valence electrons. The van der Waals surface area contributed by atoms with E-state index >= 15 is 0 Å². The van der Waals surface area contributed by atoms with Crippen molar-refractivity contribution in [3.63, 3.8) is 0 Å². The minimum absolute atomic E-state index is 0.0326. The minimum atomic E-state index is -0.278. The van der Waals surface area contributed by atoms with Gasteiger partial charge in [0, 0.05) is 0 Å². The number of aromatic hydroxyl groups is 3. The van der Waals surface area contributed by atoms with E-state index in [1.807, 2.05) is 32.0 Å². The highest BCUT2D eigenvalue weighted by Gasteiger charge is 2.17. The Morgan fingerprint density at radius 3 is 2.06 bits per heavy atom. The zero-order valence-electron chi connectivity index (χ0n) is 10.7. The van der Waals surface area contributed by atoms with Crippen molar-refractivity contribution in [2.75, 3.05) is 0 Å². The van der Waals surface area contributed by atoms with E-state index in [-0.39, 0.29) is 22.8 Å². The smallest absolute Gasteiger partial charge is 0.169 e. The summed E-state index contributed by atoms with van der Waals surface area (Å²) < 4.78 is 0. The molecule has 0 aliphatic rings. The highest BCUT2D eigenvalue weighted by molar-refractivity contribution is 5.82. The van der Waals surface area contributed by atoms with Gasteiger partial charge in [-0.25, -0.2) is 0 Å². The molecule has 3 N–H and O–H groups in total. The average Bonchev–Trinajstić information content (AvgIpc) is 2.29. The normalized spacial score (nSPS) is 10.6. The van der Waals surface area contributed by atoms with Crippen LogP contribution in [0.1, 0.15) is 16.7 Å². The fourth-order valence-corrected chi connectivity index (χ4v) is 2.13. The largest absolute Gasteiger partial charge is 0.507 e. The lowest BCUT2D eigenvalue weighted by atomic mass is 9.95. The molecule has 3 heteroatoms. The van der Waals surface area contributed by atoms with Gasteiger partial charge in [-0.15, -0.1) is 0 Å². The molecule has 3 nitrogen and oxygen atoms in total. The Morgan fingerprint density at radius 2 is 1.44 bits per heavy atom. The summed E-state index contributed by atoms with van der Waals surface area (Å²) in [5.74, 6) is -0.503. The maximum absolute atomic E-state index is 10.00. The fourth-order valence-electron chi connectivity index (χ4n) is 2.13. The predicted molar refractivity (Wildman–Crippen MR) is 71.1 cm³/mol. The molecule has 0 bridgehead atoms. The fraction of sp³-hybridized carbons (Fsp3) is 0.200. The van der Waals surface area contributed by atoms with E-state index in [0.29, 0.717) is 11.1 Å². The molecule has 2 aromatic carbocycles. The van der Waals surface area contributed by atoms with Gasteiger partial charge < -0.3 is 15.3 Å². The van der Waals surface area contributed by atoms with Gasteiger partial charge in [0.25, 0.3) is 0 Å². The first kappa shape index (κ1) is 12.3. The van der Waals surface area contributed by atoms with E-state index < -0.39 is 0 Å². The quantitative estimate of drug-likeness (QED) is 0.532. The van der Waals surface area contributed by atoms with Crippen LogP contribution in [0.2, 0.25) is 0 Å². The van der Waals surface area contributed by atoms with Gasteiger partial charge in [-0.1, -0.05) is 23.8 Å². The van der Waals surface area contributed by atoms with Crippen molar-refractivity contribution in [3.8, 4) is 28.4 Å². The molecule has 0 aliphatic heterocycles. The van der Waals surface area contributed by atoms with E-state index in [2.05, 4.69) is 0 Å². The Kier molecular flexibility index (Phi) is 2.91. The summed E-state index contributed by atoms with van der Waals surface area (Å²) in [6.07, 6.45) is 0. The zero-order valence-corrected chi connectivity index (χ0v) is 10.7. The molecule has 0 fully saturated rings. The van der Waals surface area contributed by atoms with Crippen molar-refractivity contribution >= 4 is 0 Å². The first-order valence-electron chi connectivity index (χ1n) is 5.74. The van der Waals surface area contributed by atoms with Crippen LogP contribution in [-0.2, 0) is 0 Å². The Bertz CT molecular complexity index is 616. The monoisotopic (exact) mass is 244 g/mol. The Balaban J connectivity index is 2.75. The molecular weight excluding hydrogens is 228 g/mol. The van der Waals surface area contributed by atoms with Crippen molar-refractivity contribution in [1.29, 1.82) is 0 Å². The van der Waals surface area contributed by atoms with Gasteiger partial charge in [0.05, 0.1) is 5.56 Å². The number of benzene rings is 2. The van der Waals surface area contributed by atoms with Gasteiger partial charge in [-0.05, 0) is 43.5 Å². The first-order valence-corrected chi connectivity index (χ1v) is 5.74. The summed E-state index contributed by atoms with van der Waals surface area (Å²) in [4.78, 5) is 0. The van der Waals surface area contributed by atoms with E-state index in [1.165, 1.54) is 6.07 Å². The van der Waals surface area contributed by atoms with Crippen LogP contribution in [0.4, 0.5) is 0 Å². The van der Waals surface area contributed by atoms with Crippen molar-refractivity contribution in [3.05, 3.63) is 41.0 Å². The Hall–Kier alpha value is -2.16. The molecule has 0 unspecified atom stereocenters. The lowest BCUT2D eigenvalue weighted by Crippen LogP contribution is -1.88. The zero-order chi connectivity index (χ0) is 13.4. The lowest BCUT2D eigenvalue weighted by molar-refractivity contribution is 0.396. The topological polar surface area (TPSA) is 60.7 Å². The molecule has 0 amide bonds. The molecule has 0 radical (unpaired) electrons. The molecular formula is C15H16O3. The summed E-state index contributed by atoms with van der Waals surface area (Å²) in [6, 6.07) is 7.14. The van der Waals surface area contributed by atoms with Gasteiger partial charge in [0.2, 0.25) is 0 Å². The molecule has 0 spiro atoms. The molecule has 0 saturated heterocycles. The van der Waals surface area contributed by atoms with Crippen LogP contribution < -0.4 is 0 Å². The van der Waals surface area contributed by atoms with Crippen molar-refractivity contribution in [1.82, 2.24) is 0 Å². The Labute approximate surface area is 106 Å². The second-order valence-electron chi connectivity index (χ2n) is 4.60. The van der Waals surface area contributed by atoms with Crippen LogP contribution in [0.5, 0.6) is 17.2 Å². The van der Waals surface area contributed by atoms with Crippen LogP contribution >= 0.6 is 0 Å². The minimum Gasteiger partial charge on any atom is -0.507 e.